The van der Waals surface area contributed by atoms with Crippen molar-refractivity contribution >= 4 is 29.8 Å². The first-order chi connectivity index (χ1) is 28.0. The third kappa shape index (κ3) is 18.7. The number of benzene rings is 4. The maximum atomic E-state index is 14.1. The molecule has 1 atom stereocenters. The van der Waals surface area contributed by atoms with Crippen LogP contribution in [-0.4, -0.2) is 82.6 Å². The van der Waals surface area contributed by atoms with Crippen molar-refractivity contribution in [1.82, 2.24) is 15.5 Å². The molecule has 0 aromatic heterocycles. The Balaban J connectivity index is 0.000000758. The molecule has 12 nitrogen and oxygen atoms in total. The fourth-order valence-corrected chi connectivity index (χ4v) is 4.61. The fourth-order valence-electron chi connectivity index (χ4n) is 4.61. The first-order valence-corrected chi connectivity index (χ1v) is 17.2. The molecule has 0 fully saturated rings. The maximum Gasteiger partial charge on any atom is 0.490 e. The number of carbonyl (C=O) groups is 5. The van der Waals surface area contributed by atoms with Crippen LogP contribution in [0.1, 0.15) is 32.6 Å². The van der Waals surface area contributed by atoms with Gasteiger partial charge in [0.1, 0.15) is 11.8 Å². The number of hydrogen-bond donors (Lipinski definition) is 5. The minimum Gasteiger partial charge on any atom is -0.484 e. The van der Waals surface area contributed by atoms with Gasteiger partial charge in [-0.2, -0.15) is 39.5 Å². The van der Waals surface area contributed by atoms with E-state index in [1.165, 1.54) is 24.3 Å². The molecule has 60 heavy (non-hydrogen) atoms. The average molecular weight is 861 g/mol. The second-order valence-corrected chi connectivity index (χ2v) is 12.2. The van der Waals surface area contributed by atoms with E-state index in [2.05, 4.69) is 10.6 Å². The zero-order valence-electron chi connectivity index (χ0n) is 31.0. The van der Waals surface area contributed by atoms with Crippen molar-refractivity contribution in [3.05, 3.63) is 137 Å². The van der Waals surface area contributed by atoms with Gasteiger partial charge in [0.15, 0.2) is 6.61 Å². The molecule has 0 aliphatic heterocycles. The Hall–Kier alpha value is -6.64. The van der Waals surface area contributed by atoms with E-state index in [1.807, 2.05) is 54.6 Å². The molecule has 4 rings (SSSR count). The first-order valence-electron chi connectivity index (χ1n) is 17.2. The highest BCUT2D eigenvalue weighted by atomic mass is 19.4. The van der Waals surface area contributed by atoms with Crippen LogP contribution in [0, 0.1) is 0 Å². The Morgan fingerprint density at radius 2 is 1.12 bits per heavy atom. The Morgan fingerprint density at radius 1 is 0.650 bits per heavy atom. The molecule has 0 saturated heterocycles. The van der Waals surface area contributed by atoms with Crippen molar-refractivity contribution in [2.75, 3.05) is 13.2 Å². The SMILES string of the molecule is NCc1ccc(CNC(=O)N(CCc2ccccc2)C(=O)[C@@H](Cc2ccc(OCC(F)(F)F)cc2)NC(=O)c2ccccc2)cc1.O=C(O)C(F)(F)F.O=C(O)C(F)(F)F. The number of nitrogens with zero attached hydrogens (tertiary/aromatic N) is 1. The Bertz CT molecular complexity index is 1960. The van der Waals surface area contributed by atoms with Gasteiger partial charge in [-0.25, -0.2) is 14.4 Å². The van der Waals surface area contributed by atoms with Crippen LogP contribution in [0.3, 0.4) is 0 Å². The highest BCUT2D eigenvalue weighted by Gasteiger charge is 2.39. The van der Waals surface area contributed by atoms with Crippen molar-refractivity contribution < 1.29 is 78.4 Å². The van der Waals surface area contributed by atoms with Crippen molar-refractivity contribution in [3.8, 4) is 5.75 Å². The number of carbonyl (C=O) groups excluding carboxylic acids is 3. The van der Waals surface area contributed by atoms with Crippen LogP contribution in [0.2, 0.25) is 0 Å². The molecule has 0 bridgehead atoms. The summed E-state index contributed by atoms with van der Waals surface area (Å²) in [6.45, 7) is -0.876. The number of carboxylic acids is 2. The van der Waals surface area contributed by atoms with Gasteiger partial charge < -0.3 is 31.3 Å². The van der Waals surface area contributed by atoms with Crippen LogP contribution >= 0.6 is 0 Å². The average Bonchev–Trinajstić information content (AvgIpc) is 3.19. The van der Waals surface area contributed by atoms with Gasteiger partial charge in [0.25, 0.3) is 11.8 Å². The maximum absolute atomic E-state index is 14.1. The summed E-state index contributed by atoms with van der Waals surface area (Å²) in [6, 6.07) is 29.0. The Morgan fingerprint density at radius 3 is 1.58 bits per heavy atom. The van der Waals surface area contributed by atoms with E-state index in [4.69, 9.17) is 30.3 Å². The van der Waals surface area contributed by atoms with Crippen LogP contribution in [-0.2, 0) is 40.3 Å². The van der Waals surface area contributed by atoms with Gasteiger partial charge in [-0.05, 0) is 52.9 Å². The molecule has 0 saturated carbocycles. The van der Waals surface area contributed by atoms with Gasteiger partial charge in [-0.1, -0.05) is 84.9 Å². The normalized spacial score (nSPS) is 11.6. The molecule has 4 aromatic rings. The summed E-state index contributed by atoms with van der Waals surface area (Å²) in [6.07, 6.45) is -14.3. The quantitative estimate of drug-likeness (QED) is 0.0915. The molecule has 0 aliphatic carbocycles. The van der Waals surface area contributed by atoms with E-state index in [-0.39, 0.29) is 25.3 Å². The molecule has 0 unspecified atom stereocenters. The van der Waals surface area contributed by atoms with E-state index in [9.17, 15) is 53.9 Å². The van der Waals surface area contributed by atoms with Crippen LogP contribution in [0.15, 0.2) is 109 Å². The first kappa shape index (κ1) is 49.5. The third-order valence-electron chi connectivity index (χ3n) is 7.57. The summed E-state index contributed by atoms with van der Waals surface area (Å²) in [4.78, 5) is 59.8. The fraction of sp³-hybridized carbons (Fsp3) is 0.256. The van der Waals surface area contributed by atoms with Gasteiger partial charge in [0.2, 0.25) is 0 Å². The summed E-state index contributed by atoms with van der Waals surface area (Å²) in [7, 11) is 0. The number of alkyl halides is 9. The van der Waals surface area contributed by atoms with Gasteiger partial charge in [-0.15, -0.1) is 0 Å². The van der Waals surface area contributed by atoms with Crippen LogP contribution in [0.4, 0.5) is 44.3 Å². The molecule has 324 valence electrons. The predicted molar refractivity (Wildman–Crippen MR) is 195 cm³/mol. The number of imide groups is 1. The summed E-state index contributed by atoms with van der Waals surface area (Å²) in [5.41, 5.74) is 9.18. The van der Waals surface area contributed by atoms with Crippen molar-refractivity contribution in [1.29, 1.82) is 0 Å². The molecule has 4 aromatic carbocycles. The third-order valence-corrected chi connectivity index (χ3v) is 7.57. The van der Waals surface area contributed by atoms with Gasteiger partial charge in [-0.3, -0.25) is 14.5 Å². The zero-order valence-corrected chi connectivity index (χ0v) is 31.0. The molecule has 21 heteroatoms. The second kappa shape index (κ2) is 23.1. The Labute approximate surface area is 335 Å². The van der Waals surface area contributed by atoms with Crippen molar-refractivity contribution in [2.24, 2.45) is 5.73 Å². The number of ether oxygens (including phenoxy) is 1. The number of urea groups is 1. The lowest BCUT2D eigenvalue weighted by molar-refractivity contribution is -0.193. The van der Waals surface area contributed by atoms with Crippen LogP contribution < -0.4 is 21.1 Å². The summed E-state index contributed by atoms with van der Waals surface area (Å²) < 4.78 is 106. The number of nitrogens with two attached hydrogens (primary N) is 1. The lowest BCUT2D eigenvalue weighted by atomic mass is 10.0. The molecule has 0 heterocycles. The predicted octanol–water partition coefficient (Wildman–Crippen LogP) is 6.68. The van der Waals surface area contributed by atoms with Gasteiger partial charge in [0, 0.05) is 31.6 Å². The van der Waals surface area contributed by atoms with Crippen LogP contribution in [0.5, 0.6) is 5.75 Å². The number of nitrogens with one attached hydrogen (secondary N) is 2. The molecule has 0 spiro atoms. The zero-order chi connectivity index (χ0) is 45.1. The van der Waals surface area contributed by atoms with Crippen LogP contribution in [0.25, 0.3) is 0 Å². The largest absolute Gasteiger partial charge is 0.490 e. The summed E-state index contributed by atoms with van der Waals surface area (Å²) >= 11 is 0. The molecule has 4 amide bonds. The highest BCUT2D eigenvalue weighted by molar-refractivity contribution is 6.01. The minimum absolute atomic E-state index is 0.000587. The monoisotopic (exact) mass is 860 g/mol. The van der Waals surface area contributed by atoms with E-state index in [0.29, 0.717) is 24.1 Å². The molecule has 6 N–H and O–H groups in total. The second-order valence-electron chi connectivity index (χ2n) is 12.2. The van der Waals surface area contributed by atoms with Crippen molar-refractivity contribution in [2.45, 2.75) is 50.5 Å². The number of amides is 4. The van der Waals surface area contributed by atoms with Gasteiger partial charge >= 0.3 is 36.5 Å². The topological polar surface area (TPSA) is 188 Å². The standard InChI is InChI=1S/C35H35F3N4O4.2C2HF3O2/c36-35(37,38)24-46-30-17-15-26(16-18-30)21-31(41-32(43)29-9-5-2-6-10-29)33(44)42(20-19-25-7-3-1-4-8-25)34(45)40-23-28-13-11-27(22-39)12-14-28;2*3-2(4,5)1(6)7/h1-18,31H,19-24,39H2,(H,40,45)(H,41,43);2*(H,6,7)/t31-;;/m1../s1. The Kier molecular flexibility index (Phi) is 19.0. The lowest BCUT2D eigenvalue weighted by Gasteiger charge is -2.27. The van der Waals surface area contributed by atoms with E-state index in [1.54, 1.807) is 30.3 Å². The number of halogens is 9. The van der Waals surface area contributed by atoms with Gasteiger partial charge in [0.05, 0.1) is 0 Å². The number of rotatable bonds is 13. The molecular weight excluding hydrogens is 823 g/mol. The highest BCUT2D eigenvalue weighted by Crippen LogP contribution is 2.20. The number of aliphatic carboxylic acids is 2. The molecule has 0 aliphatic rings. The van der Waals surface area contributed by atoms with E-state index < -0.39 is 61.0 Å². The lowest BCUT2D eigenvalue weighted by Crippen LogP contribution is -2.54. The summed E-state index contributed by atoms with van der Waals surface area (Å²) in [5.74, 6) is -6.68. The van der Waals surface area contributed by atoms with E-state index >= 15 is 0 Å². The van der Waals surface area contributed by atoms with Crippen molar-refractivity contribution in [3.63, 3.8) is 0 Å². The molecular formula is C39H37F9N4O8. The minimum atomic E-state index is -5.08. The molecule has 0 radical (unpaired) electrons. The number of carboxylic acid groups (broad SMARTS) is 2. The number of hydrogen-bond acceptors (Lipinski definition) is 7. The summed E-state index contributed by atoms with van der Waals surface area (Å²) in [5, 5.41) is 19.8. The van der Waals surface area contributed by atoms with E-state index in [0.717, 1.165) is 21.6 Å². The smallest absolute Gasteiger partial charge is 0.484 e.